The van der Waals surface area contributed by atoms with Crippen LogP contribution in [-0.2, 0) is 9.59 Å². The van der Waals surface area contributed by atoms with Crippen LogP contribution in [0.25, 0.3) is 0 Å². The number of aliphatic carboxylic acids is 1. The van der Waals surface area contributed by atoms with Gasteiger partial charge in [-0.05, 0) is 12.8 Å². The highest BCUT2D eigenvalue weighted by atomic mass is 16.4. The third kappa shape index (κ3) is 1.55. The molecule has 1 atom stereocenters. The molecule has 0 aromatic carbocycles. The fraction of sp³-hybridized carbons (Fsp3) is 0.714. The highest BCUT2D eigenvalue weighted by Gasteiger charge is 2.31. The van der Waals surface area contributed by atoms with Crippen LogP contribution in [0.1, 0.15) is 12.8 Å². The van der Waals surface area contributed by atoms with Gasteiger partial charge >= 0.3 is 11.9 Å². The number of nitrogens with two attached hydrogens (primary N) is 1. The number of carbonyl (C=O) groups is 2. The second-order valence-corrected chi connectivity index (χ2v) is 2.84. The molecule has 1 rings (SSSR count). The van der Waals surface area contributed by atoms with Crippen LogP contribution in [0.15, 0.2) is 0 Å². The lowest BCUT2D eigenvalue weighted by atomic mass is 10.2. The van der Waals surface area contributed by atoms with Gasteiger partial charge in [0.15, 0.2) is 0 Å². The highest BCUT2D eigenvalue weighted by molar-refractivity contribution is 6.31. The molecule has 1 saturated heterocycles. The Morgan fingerprint density at radius 1 is 1.58 bits per heavy atom. The van der Waals surface area contributed by atoms with Gasteiger partial charge in [-0.15, -0.1) is 0 Å². The summed E-state index contributed by atoms with van der Waals surface area (Å²) in [4.78, 5) is 22.6. The lowest BCUT2D eigenvalue weighted by Crippen LogP contribution is -2.43. The molecule has 1 amide bonds. The van der Waals surface area contributed by atoms with E-state index in [0.717, 1.165) is 12.8 Å². The van der Waals surface area contributed by atoms with Gasteiger partial charge in [0.25, 0.3) is 0 Å². The summed E-state index contributed by atoms with van der Waals surface area (Å²) in [7, 11) is 0. The van der Waals surface area contributed by atoms with E-state index in [4.69, 9.17) is 10.8 Å². The van der Waals surface area contributed by atoms with Gasteiger partial charge < -0.3 is 15.7 Å². The van der Waals surface area contributed by atoms with Gasteiger partial charge in [-0.3, -0.25) is 4.79 Å². The Labute approximate surface area is 70.1 Å². The minimum absolute atomic E-state index is 0.0754. The van der Waals surface area contributed by atoms with E-state index in [0.29, 0.717) is 13.1 Å². The molecule has 1 unspecified atom stereocenters. The van der Waals surface area contributed by atoms with Crippen molar-refractivity contribution < 1.29 is 14.7 Å². The summed E-state index contributed by atoms with van der Waals surface area (Å²) >= 11 is 0. The average Bonchev–Trinajstić information content (AvgIpc) is 2.49. The van der Waals surface area contributed by atoms with Crippen LogP contribution >= 0.6 is 0 Å². The summed E-state index contributed by atoms with van der Waals surface area (Å²) in [5.41, 5.74) is 5.38. The molecule has 3 N–H and O–H groups in total. The number of carbonyl (C=O) groups excluding carboxylic acids is 1. The normalized spacial score (nSPS) is 22.8. The molecule has 1 aliphatic rings. The minimum Gasteiger partial charge on any atom is -0.474 e. The zero-order chi connectivity index (χ0) is 9.14. The molecule has 68 valence electrons. The fourth-order valence-electron chi connectivity index (χ4n) is 1.47. The van der Waals surface area contributed by atoms with Crippen LogP contribution in [0.2, 0.25) is 0 Å². The first-order valence-electron chi connectivity index (χ1n) is 3.90. The smallest absolute Gasteiger partial charge is 0.394 e. The summed E-state index contributed by atoms with van der Waals surface area (Å²) in [6.07, 6.45) is 1.66. The second kappa shape index (κ2) is 3.53. The van der Waals surface area contributed by atoms with E-state index in [-0.39, 0.29) is 6.04 Å². The molecule has 5 heteroatoms. The van der Waals surface area contributed by atoms with Crippen molar-refractivity contribution in [2.75, 3.05) is 13.1 Å². The molecule has 1 aliphatic heterocycles. The number of hydrogen-bond donors (Lipinski definition) is 2. The molecule has 5 nitrogen and oxygen atoms in total. The Kier molecular flexibility index (Phi) is 2.65. The van der Waals surface area contributed by atoms with Crippen LogP contribution in [0, 0.1) is 0 Å². The number of rotatable bonds is 1. The SMILES string of the molecule is NCC1CCCN1C(=O)C(=O)O. The van der Waals surface area contributed by atoms with Gasteiger partial charge in [0.05, 0.1) is 0 Å². The number of carboxylic acid groups (broad SMARTS) is 1. The number of amides is 1. The molecule has 0 aliphatic carbocycles. The summed E-state index contributed by atoms with van der Waals surface area (Å²) < 4.78 is 0. The first kappa shape index (κ1) is 8.99. The molecule has 1 heterocycles. The largest absolute Gasteiger partial charge is 0.474 e. The predicted octanol–water partition coefficient (Wildman–Crippen LogP) is -0.979. The first-order chi connectivity index (χ1) is 5.66. The highest BCUT2D eigenvalue weighted by Crippen LogP contribution is 2.15. The Hall–Kier alpha value is -1.10. The van der Waals surface area contributed by atoms with Crippen molar-refractivity contribution in [3.63, 3.8) is 0 Å². The van der Waals surface area contributed by atoms with Gasteiger partial charge in [-0.1, -0.05) is 0 Å². The number of hydrogen-bond acceptors (Lipinski definition) is 3. The summed E-state index contributed by atoms with van der Waals surface area (Å²) in [5, 5.41) is 8.42. The second-order valence-electron chi connectivity index (χ2n) is 2.84. The van der Waals surface area contributed by atoms with E-state index in [2.05, 4.69) is 0 Å². The van der Waals surface area contributed by atoms with E-state index in [1.807, 2.05) is 0 Å². The summed E-state index contributed by atoms with van der Waals surface area (Å²) in [5.74, 6) is -2.22. The Morgan fingerprint density at radius 2 is 2.25 bits per heavy atom. The topological polar surface area (TPSA) is 83.6 Å². The monoisotopic (exact) mass is 172 g/mol. The zero-order valence-electron chi connectivity index (χ0n) is 6.69. The summed E-state index contributed by atoms with van der Waals surface area (Å²) in [6, 6.07) is -0.0754. The van der Waals surface area contributed by atoms with E-state index in [1.165, 1.54) is 4.90 Å². The van der Waals surface area contributed by atoms with Crippen molar-refractivity contribution in [3.05, 3.63) is 0 Å². The van der Waals surface area contributed by atoms with Gasteiger partial charge in [-0.2, -0.15) is 0 Å². The van der Waals surface area contributed by atoms with Crippen molar-refractivity contribution in [1.29, 1.82) is 0 Å². The molecule has 0 aromatic rings. The van der Waals surface area contributed by atoms with E-state index >= 15 is 0 Å². The molecule has 1 fully saturated rings. The van der Waals surface area contributed by atoms with Crippen LogP contribution in [0.3, 0.4) is 0 Å². The summed E-state index contributed by atoms with van der Waals surface area (Å²) in [6.45, 7) is 0.867. The van der Waals surface area contributed by atoms with Crippen LogP contribution in [0.4, 0.5) is 0 Å². The maximum Gasteiger partial charge on any atom is 0.394 e. The standard InChI is InChI=1S/C7H12N2O3/c8-4-5-2-1-3-9(5)6(10)7(11)12/h5H,1-4,8H2,(H,11,12). The molecule has 0 aromatic heterocycles. The number of nitrogens with zero attached hydrogens (tertiary/aromatic N) is 1. The zero-order valence-corrected chi connectivity index (χ0v) is 6.69. The fourth-order valence-corrected chi connectivity index (χ4v) is 1.47. The lowest BCUT2D eigenvalue weighted by molar-refractivity contribution is -0.156. The average molecular weight is 172 g/mol. The number of likely N-dealkylation sites (tertiary alicyclic amines) is 1. The Bertz CT molecular complexity index is 205. The molecule has 0 spiro atoms. The molecular formula is C7H12N2O3. The van der Waals surface area contributed by atoms with Gasteiger partial charge in [0, 0.05) is 19.1 Å². The van der Waals surface area contributed by atoms with Crippen molar-refractivity contribution in [3.8, 4) is 0 Å². The van der Waals surface area contributed by atoms with E-state index < -0.39 is 11.9 Å². The minimum atomic E-state index is -1.39. The van der Waals surface area contributed by atoms with E-state index in [1.54, 1.807) is 0 Å². The predicted molar refractivity (Wildman–Crippen MR) is 41.4 cm³/mol. The third-order valence-electron chi connectivity index (χ3n) is 2.09. The maximum absolute atomic E-state index is 11.0. The van der Waals surface area contributed by atoms with E-state index in [9.17, 15) is 9.59 Å². The van der Waals surface area contributed by atoms with Crippen LogP contribution in [-0.4, -0.2) is 41.0 Å². The Morgan fingerprint density at radius 3 is 2.75 bits per heavy atom. The molecule has 12 heavy (non-hydrogen) atoms. The van der Waals surface area contributed by atoms with Crippen molar-refractivity contribution in [1.82, 2.24) is 4.90 Å². The molecular weight excluding hydrogens is 160 g/mol. The van der Waals surface area contributed by atoms with Gasteiger partial charge in [0.1, 0.15) is 0 Å². The Balaban J connectivity index is 2.61. The number of carboxylic acids is 1. The molecule has 0 saturated carbocycles. The van der Waals surface area contributed by atoms with Gasteiger partial charge in [0.2, 0.25) is 0 Å². The maximum atomic E-state index is 11.0. The van der Waals surface area contributed by atoms with Crippen molar-refractivity contribution >= 4 is 11.9 Å². The van der Waals surface area contributed by atoms with Crippen molar-refractivity contribution in [2.24, 2.45) is 5.73 Å². The molecule has 0 radical (unpaired) electrons. The van der Waals surface area contributed by atoms with Crippen LogP contribution < -0.4 is 5.73 Å². The quantitative estimate of drug-likeness (QED) is 0.498. The van der Waals surface area contributed by atoms with Crippen LogP contribution in [0.5, 0.6) is 0 Å². The molecule has 0 bridgehead atoms. The lowest BCUT2D eigenvalue weighted by Gasteiger charge is -2.20. The van der Waals surface area contributed by atoms with Gasteiger partial charge in [-0.25, -0.2) is 4.79 Å². The van der Waals surface area contributed by atoms with Crippen molar-refractivity contribution in [2.45, 2.75) is 18.9 Å². The first-order valence-corrected chi connectivity index (χ1v) is 3.90. The third-order valence-corrected chi connectivity index (χ3v) is 2.09.